The molecule has 0 aromatic heterocycles. The second-order valence-electron chi connectivity index (χ2n) is 8.79. The van der Waals surface area contributed by atoms with Crippen LogP contribution in [0.1, 0.15) is 136 Å². The average molecular weight is 457 g/mol. The number of hydrogen-bond acceptors (Lipinski definition) is 4. The lowest BCUT2D eigenvalue weighted by Crippen LogP contribution is -2.17. The zero-order valence-electron chi connectivity index (χ0n) is 21.9. The maximum absolute atomic E-state index is 5.59. The molecule has 192 valence electrons. The van der Waals surface area contributed by atoms with Crippen LogP contribution in [0.2, 0.25) is 0 Å². The van der Waals surface area contributed by atoms with Crippen LogP contribution < -0.4 is 0 Å². The second kappa shape index (κ2) is 28.5. The Morgan fingerprint density at radius 1 is 0.594 bits per heavy atom. The van der Waals surface area contributed by atoms with Gasteiger partial charge in [-0.3, -0.25) is 0 Å². The maximum atomic E-state index is 5.59. The summed E-state index contributed by atoms with van der Waals surface area (Å²) in [5, 5.41) is 0. The minimum Gasteiger partial charge on any atom is -0.475 e. The first-order valence-electron chi connectivity index (χ1n) is 13.9. The van der Waals surface area contributed by atoms with Crippen molar-refractivity contribution in [3.63, 3.8) is 0 Å². The maximum Gasteiger partial charge on any atom is 0.188 e. The molecule has 4 nitrogen and oxygen atoms in total. The Hall–Kier alpha value is -0.580. The van der Waals surface area contributed by atoms with E-state index in [1.807, 2.05) is 20.1 Å². The fourth-order valence-corrected chi connectivity index (χ4v) is 3.84. The van der Waals surface area contributed by atoms with Gasteiger partial charge in [0.15, 0.2) is 13.1 Å². The van der Waals surface area contributed by atoms with Crippen molar-refractivity contribution < 1.29 is 18.9 Å². The molecule has 0 aliphatic carbocycles. The van der Waals surface area contributed by atoms with Crippen LogP contribution in [0.4, 0.5) is 0 Å². The van der Waals surface area contributed by atoms with Crippen LogP contribution in [0.3, 0.4) is 0 Å². The average Bonchev–Trinajstić information content (AvgIpc) is 2.79. The molecule has 0 saturated carbocycles. The van der Waals surface area contributed by atoms with Gasteiger partial charge in [-0.15, -0.1) is 0 Å². The van der Waals surface area contributed by atoms with Crippen molar-refractivity contribution in [3.05, 3.63) is 12.3 Å². The highest BCUT2D eigenvalue weighted by atomic mass is 16.7. The van der Waals surface area contributed by atoms with E-state index in [1.54, 1.807) is 0 Å². The lowest BCUT2D eigenvalue weighted by atomic mass is 10.1. The molecular weight excluding hydrogens is 400 g/mol. The summed E-state index contributed by atoms with van der Waals surface area (Å²) in [6.45, 7) is 9.02. The van der Waals surface area contributed by atoms with E-state index in [9.17, 15) is 0 Å². The topological polar surface area (TPSA) is 36.9 Å². The third-order valence-electron chi connectivity index (χ3n) is 5.75. The Morgan fingerprint density at radius 2 is 1.12 bits per heavy atom. The van der Waals surface area contributed by atoms with Gasteiger partial charge in [0.25, 0.3) is 0 Å². The third kappa shape index (κ3) is 25.7. The largest absolute Gasteiger partial charge is 0.475 e. The Bertz CT molecular complexity index is 353. The normalized spacial score (nSPS) is 11.8. The van der Waals surface area contributed by atoms with Crippen molar-refractivity contribution in [1.29, 1.82) is 0 Å². The summed E-state index contributed by atoms with van der Waals surface area (Å²) < 4.78 is 22.1. The smallest absolute Gasteiger partial charge is 0.188 e. The number of ether oxygens (including phenoxy) is 4. The van der Waals surface area contributed by atoms with Crippen LogP contribution in [-0.2, 0) is 18.9 Å². The molecule has 0 aliphatic rings. The SMILES string of the molecule is CCCCCCCCCOCOC=CCCCCCCCCCCCC(OCC)OCC. The molecule has 0 atom stereocenters. The minimum absolute atomic E-state index is 0.00637. The van der Waals surface area contributed by atoms with Crippen LogP contribution in [0.15, 0.2) is 12.3 Å². The molecule has 0 fully saturated rings. The van der Waals surface area contributed by atoms with Gasteiger partial charge in [-0.25, -0.2) is 0 Å². The molecule has 0 spiro atoms. The Balaban J connectivity index is 3.18. The molecule has 4 heteroatoms. The molecule has 32 heavy (non-hydrogen) atoms. The summed E-state index contributed by atoms with van der Waals surface area (Å²) in [5.74, 6) is 0. The Labute approximate surface area is 200 Å². The first-order chi connectivity index (χ1) is 15.8. The van der Waals surface area contributed by atoms with Gasteiger partial charge in [0.05, 0.1) is 12.9 Å². The zero-order chi connectivity index (χ0) is 23.4. The fourth-order valence-electron chi connectivity index (χ4n) is 3.84. The van der Waals surface area contributed by atoms with E-state index in [4.69, 9.17) is 18.9 Å². The lowest BCUT2D eigenvalue weighted by molar-refractivity contribution is -0.140. The standard InChI is InChI=1S/C28H56O4/c1-4-7-8-9-16-19-22-25-29-27-30-26-23-20-17-14-12-10-11-13-15-18-21-24-28(31-5-2)32-6-3/h23,26,28H,4-22,24-25,27H2,1-3H3. The van der Waals surface area contributed by atoms with E-state index in [2.05, 4.69) is 13.0 Å². The van der Waals surface area contributed by atoms with Gasteiger partial charge in [-0.05, 0) is 52.0 Å². The van der Waals surface area contributed by atoms with Gasteiger partial charge >= 0.3 is 0 Å². The first kappa shape index (κ1) is 31.4. The Kier molecular flexibility index (Phi) is 27.9. The molecule has 0 rings (SSSR count). The summed E-state index contributed by atoms with van der Waals surface area (Å²) in [7, 11) is 0. The Morgan fingerprint density at radius 3 is 1.72 bits per heavy atom. The van der Waals surface area contributed by atoms with Crippen molar-refractivity contribution in [1.82, 2.24) is 0 Å². The number of hydrogen-bond donors (Lipinski definition) is 0. The van der Waals surface area contributed by atoms with Crippen molar-refractivity contribution >= 4 is 0 Å². The van der Waals surface area contributed by atoms with E-state index in [1.165, 1.54) is 96.3 Å². The van der Waals surface area contributed by atoms with Crippen molar-refractivity contribution in [3.8, 4) is 0 Å². The van der Waals surface area contributed by atoms with Crippen LogP contribution in [0, 0.1) is 0 Å². The summed E-state index contributed by atoms with van der Waals surface area (Å²) in [6, 6.07) is 0. The van der Waals surface area contributed by atoms with E-state index in [0.717, 1.165) is 39.1 Å². The quantitative estimate of drug-likeness (QED) is 0.0702. The molecule has 0 unspecified atom stereocenters. The first-order valence-corrected chi connectivity index (χ1v) is 13.9. The predicted octanol–water partition coefficient (Wildman–Crippen LogP) is 8.93. The summed E-state index contributed by atoms with van der Waals surface area (Å²) in [5.41, 5.74) is 0. The van der Waals surface area contributed by atoms with E-state index >= 15 is 0 Å². The molecule has 0 radical (unpaired) electrons. The van der Waals surface area contributed by atoms with Gasteiger partial charge in [0, 0.05) is 13.2 Å². The van der Waals surface area contributed by atoms with Gasteiger partial charge in [-0.2, -0.15) is 0 Å². The van der Waals surface area contributed by atoms with Gasteiger partial charge in [0.2, 0.25) is 0 Å². The zero-order valence-corrected chi connectivity index (χ0v) is 21.9. The third-order valence-corrected chi connectivity index (χ3v) is 5.75. The fraction of sp³-hybridized carbons (Fsp3) is 0.929. The van der Waals surface area contributed by atoms with Gasteiger partial charge in [-0.1, -0.05) is 90.4 Å². The summed E-state index contributed by atoms with van der Waals surface area (Å²) >= 11 is 0. The molecule has 0 bridgehead atoms. The molecule has 0 amide bonds. The van der Waals surface area contributed by atoms with Crippen LogP contribution in [0.25, 0.3) is 0 Å². The van der Waals surface area contributed by atoms with Crippen molar-refractivity contribution in [2.45, 2.75) is 143 Å². The molecule has 0 aromatic rings. The highest BCUT2D eigenvalue weighted by Crippen LogP contribution is 2.13. The van der Waals surface area contributed by atoms with Crippen LogP contribution >= 0.6 is 0 Å². The van der Waals surface area contributed by atoms with Crippen molar-refractivity contribution in [2.24, 2.45) is 0 Å². The van der Waals surface area contributed by atoms with E-state index in [0.29, 0.717) is 6.79 Å². The predicted molar refractivity (Wildman–Crippen MR) is 137 cm³/mol. The highest BCUT2D eigenvalue weighted by molar-refractivity contribution is 4.72. The summed E-state index contributed by atoms with van der Waals surface area (Å²) in [6.07, 6.45) is 27.2. The molecule has 0 N–H and O–H groups in total. The second-order valence-corrected chi connectivity index (χ2v) is 8.79. The van der Waals surface area contributed by atoms with Crippen molar-refractivity contribution in [2.75, 3.05) is 26.6 Å². The lowest BCUT2D eigenvalue weighted by Gasteiger charge is -2.16. The highest BCUT2D eigenvalue weighted by Gasteiger charge is 2.06. The van der Waals surface area contributed by atoms with Crippen LogP contribution in [-0.4, -0.2) is 32.9 Å². The summed E-state index contributed by atoms with van der Waals surface area (Å²) in [4.78, 5) is 0. The van der Waals surface area contributed by atoms with Gasteiger partial charge < -0.3 is 18.9 Å². The monoisotopic (exact) mass is 456 g/mol. The molecule has 0 saturated heterocycles. The number of rotatable bonds is 27. The molecule has 0 heterocycles. The number of allylic oxidation sites excluding steroid dienone is 1. The van der Waals surface area contributed by atoms with Gasteiger partial charge in [0.1, 0.15) is 0 Å². The van der Waals surface area contributed by atoms with Crippen LogP contribution in [0.5, 0.6) is 0 Å². The number of unbranched alkanes of at least 4 members (excludes halogenated alkanes) is 15. The molecular formula is C28H56O4. The minimum atomic E-state index is 0.00637. The van der Waals surface area contributed by atoms with E-state index < -0.39 is 0 Å². The molecule has 0 aromatic carbocycles. The van der Waals surface area contributed by atoms with E-state index in [-0.39, 0.29) is 6.29 Å². The molecule has 0 aliphatic heterocycles.